The zero-order chi connectivity index (χ0) is 14.0. The summed E-state index contributed by atoms with van der Waals surface area (Å²) in [5.41, 5.74) is 3.59. The molecule has 1 unspecified atom stereocenters. The molecule has 2 heteroatoms. The Morgan fingerprint density at radius 1 is 1.00 bits per heavy atom. The first-order chi connectivity index (χ1) is 9.70. The van der Waals surface area contributed by atoms with Crippen molar-refractivity contribution < 1.29 is 4.74 Å². The fourth-order valence-electron chi connectivity index (χ4n) is 2.74. The minimum absolute atomic E-state index is 0.00856. The normalized spacial score (nSPS) is 20.4. The van der Waals surface area contributed by atoms with Gasteiger partial charge in [-0.2, -0.15) is 0 Å². The molecule has 0 spiro atoms. The zero-order valence-electron chi connectivity index (χ0n) is 12.0. The molecule has 0 saturated carbocycles. The molecule has 0 amide bonds. The number of hydrogen-bond acceptors (Lipinski definition) is 2. The van der Waals surface area contributed by atoms with Crippen LogP contribution in [0.3, 0.4) is 0 Å². The Labute approximate surface area is 120 Å². The molecule has 0 aromatic heterocycles. The average Bonchev–Trinajstić information content (AvgIpc) is 2.72. The molecule has 1 heterocycles. The lowest BCUT2D eigenvalue weighted by atomic mass is 9.77. The van der Waals surface area contributed by atoms with E-state index in [1.807, 2.05) is 36.4 Å². The number of aliphatic imine (C=N–C) groups is 1. The van der Waals surface area contributed by atoms with Crippen molar-refractivity contribution in [1.82, 2.24) is 0 Å². The second-order valence-corrected chi connectivity index (χ2v) is 5.46. The van der Waals surface area contributed by atoms with Crippen LogP contribution in [0.1, 0.15) is 25.8 Å². The zero-order valence-corrected chi connectivity index (χ0v) is 12.0. The van der Waals surface area contributed by atoms with Crippen LogP contribution in [0.2, 0.25) is 0 Å². The fourth-order valence-corrected chi connectivity index (χ4v) is 2.74. The molecular weight excluding hydrogens is 246 g/mol. The van der Waals surface area contributed by atoms with E-state index in [0.717, 1.165) is 17.9 Å². The SMILES string of the molecule is CC1=Nc2ccccc2C1(C)CCOc1ccccc1. The van der Waals surface area contributed by atoms with Gasteiger partial charge in [-0.25, -0.2) is 0 Å². The monoisotopic (exact) mass is 265 g/mol. The third-order valence-corrected chi connectivity index (χ3v) is 4.20. The molecule has 1 aliphatic heterocycles. The van der Waals surface area contributed by atoms with Crippen LogP contribution in [0.4, 0.5) is 5.69 Å². The van der Waals surface area contributed by atoms with Crippen molar-refractivity contribution in [2.45, 2.75) is 25.7 Å². The summed E-state index contributed by atoms with van der Waals surface area (Å²) in [6.45, 7) is 5.07. The van der Waals surface area contributed by atoms with Gasteiger partial charge in [0.1, 0.15) is 5.75 Å². The first-order valence-electron chi connectivity index (χ1n) is 7.03. The molecule has 3 rings (SSSR count). The number of ether oxygens (including phenoxy) is 1. The van der Waals surface area contributed by atoms with Gasteiger partial charge in [-0.1, -0.05) is 43.3 Å². The molecular formula is C18H19NO. The second kappa shape index (κ2) is 5.12. The van der Waals surface area contributed by atoms with E-state index in [-0.39, 0.29) is 5.41 Å². The van der Waals surface area contributed by atoms with E-state index in [1.165, 1.54) is 11.3 Å². The number of hydrogen-bond donors (Lipinski definition) is 0. The number of benzene rings is 2. The molecule has 0 bridgehead atoms. The Balaban J connectivity index is 1.72. The minimum Gasteiger partial charge on any atom is -0.494 e. The van der Waals surface area contributed by atoms with Crippen LogP contribution in [-0.4, -0.2) is 12.3 Å². The molecule has 2 nitrogen and oxygen atoms in total. The Kier molecular flexibility index (Phi) is 3.31. The second-order valence-electron chi connectivity index (χ2n) is 5.46. The van der Waals surface area contributed by atoms with Crippen molar-refractivity contribution >= 4 is 11.4 Å². The topological polar surface area (TPSA) is 21.6 Å². The van der Waals surface area contributed by atoms with Gasteiger partial charge in [-0.15, -0.1) is 0 Å². The van der Waals surface area contributed by atoms with E-state index < -0.39 is 0 Å². The molecule has 0 fully saturated rings. The van der Waals surface area contributed by atoms with Crippen molar-refractivity contribution in [3.05, 3.63) is 60.2 Å². The van der Waals surface area contributed by atoms with Crippen molar-refractivity contribution in [3.8, 4) is 5.75 Å². The van der Waals surface area contributed by atoms with Crippen molar-refractivity contribution in [2.75, 3.05) is 6.61 Å². The predicted molar refractivity (Wildman–Crippen MR) is 83.1 cm³/mol. The minimum atomic E-state index is -0.00856. The van der Waals surface area contributed by atoms with Gasteiger partial charge in [0.15, 0.2) is 0 Å². The Morgan fingerprint density at radius 2 is 1.70 bits per heavy atom. The summed E-state index contributed by atoms with van der Waals surface area (Å²) in [5.74, 6) is 0.928. The lowest BCUT2D eigenvalue weighted by Gasteiger charge is -2.26. The van der Waals surface area contributed by atoms with E-state index in [2.05, 4.69) is 32.0 Å². The van der Waals surface area contributed by atoms with Crippen LogP contribution < -0.4 is 4.74 Å². The number of para-hydroxylation sites is 2. The van der Waals surface area contributed by atoms with Crippen LogP contribution >= 0.6 is 0 Å². The largest absolute Gasteiger partial charge is 0.494 e. The molecule has 0 N–H and O–H groups in total. The molecule has 20 heavy (non-hydrogen) atoms. The van der Waals surface area contributed by atoms with E-state index in [0.29, 0.717) is 6.61 Å². The van der Waals surface area contributed by atoms with E-state index >= 15 is 0 Å². The average molecular weight is 265 g/mol. The summed E-state index contributed by atoms with van der Waals surface area (Å²) in [4.78, 5) is 4.69. The smallest absolute Gasteiger partial charge is 0.119 e. The van der Waals surface area contributed by atoms with Gasteiger partial charge in [-0.05, 0) is 37.1 Å². The summed E-state index contributed by atoms with van der Waals surface area (Å²) >= 11 is 0. The fraction of sp³-hybridized carbons (Fsp3) is 0.278. The Morgan fingerprint density at radius 3 is 2.50 bits per heavy atom. The molecule has 0 saturated heterocycles. The van der Waals surface area contributed by atoms with E-state index in [1.54, 1.807) is 0 Å². The molecule has 2 aromatic carbocycles. The van der Waals surface area contributed by atoms with E-state index in [4.69, 9.17) is 9.73 Å². The van der Waals surface area contributed by atoms with Crippen molar-refractivity contribution in [2.24, 2.45) is 4.99 Å². The number of fused-ring (bicyclic) bond motifs is 1. The first-order valence-corrected chi connectivity index (χ1v) is 7.03. The summed E-state index contributed by atoms with van der Waals surface area (Å²) in [5, 5.41) is 0. The van der Waals surface area contributed by atoms with Gasteiger partial charge < -0.3 is 4.74 Å². The van der Waals surface area contributed by atoms with Gasteiger partial charge >= 0.3 is 0 Å². The summed E-state index contributed by atoms with van der Waals surface area (Å²) in [6, 6.07) is 18.4. The highest BCUT2D eigenvalue weighted by Crippen LogP contribution is 2.42. The third kappa shape index (κ3) is 2.22. The molecule has 0 radical (unpaired) electrons. The van der Waals surface area contributed by atoms with Gasteiger partial charge in [0.05, 0.1) is 12.3 Å². The van der Waals surface area contributed by atoms with Gasteiger partial charge in [0.2, 0.25) is 0 Å². The van der Waals surface area contributed by atoms with E-state index in [9.17, 15) is 0 Å². The quantitative estimate of drug-likeness (QED) is 0.796. The van der Waals surface area contributed by atoms with Gasteiger partial charge in [0.25, 0.3) is 0 Å². The highest BCUT2D eigenvalue weighted by Gasteiger charge is 2.36. The van der Waals surface area contributed by atoms with Gasteiger partial charge in [-0.3, -0.25) is 4.99 Å². The molecule has 1 atom stereocenters. The van der Waals surface area contributed by atoms with Crippen molar-refractivity contribution in [3.63, 3.8) is 0 Å². The highest BCUT2D eigenvalue weighted by molar-refractivity contribution is 5.99. The maximum atomic E-state index is 5.84. The van der Waals surface area contributed by atoms with Crippen LogP contribution in [0, 0.1) is 0 Å². The summed E-state index contributed by atoms with van der Waals surface area (Å²) in [7, 11) is 0. The molecule has 0 aliphatic carbocycles. The Hall–Kier alpha value is -2.09. The summed E-state index contributed by atoms with van der Waals surface area (Å²) < 4.78 is 5.84. The standard InChI is InChI=1S/C18H19NO/c1-14-18(2,16-10-6-7-11-17(16)19-14)12-13-20-15-8-4-3-5-9-15/h3-11H,12-13H2,1-2H3. The van der Waals surface area contributed by atoms with Crippen molar-refractivity contribution in [1.29, 1.82) is 0 Å². The maximum absolute atomic E-state index is 5.84. The lowest BCUT2D eigenvalue weighted by molar-refractivity contribution is 0.289. The van der Waals surface area contributed by atoms with Crippen LogP contribution in [0.25, 0.3) is 0 Å². The van der Waals surface area contributed by atoms with Gasteiger partial charge in [0, 0.05) is 11.1 Å². The number of nitrogens with zero attached hydrogens (tertiary/aromatic N) is 1. The lowest BCUT2D eigenvalue weighted by Crippen LogP contribution is -2.29. The molecule has 2 aromatic rings. The third-order valence-electron chi connectivity index (χ3n) is 4.20. The summed E-state index contributed by atoms with van der Waals surface area (Å²) in [6.07, 6.45) is 0.939. The molecule has 102 valence electrons. The molecule has 1 aliphatic rings. The maximum Gasteiger partial charge on any atom is 0.119 e. The Bertz CT molecular complexity index is 633. The predicted octanol–water partition coefficient (Wildman–Crippen LogP) is 4.52. The van der Waals surface area contributed by atoms with Crippen LogP contribution in [-0.2, 0) is 5.41 Å². The van der Waals surface area contributed by atoms with Crippen LogP contribution in [0.15, 0.2) is 59.6 Å². The van der Waals surface area contributed by atoms with Crippen LogP contribution in [0.5, 0.6) is 5.75 Å². The first kappa shape index (κ1) is 12.9. The number of rotatable bonds is 4. The highest BCUT2D eigenvalue weighted by atomic mass is 16.5.